The molecule has 0 aliphatic carbocycles. The minimum absolute atomic E-state index is 0.0303. The fourth-order valence-corrected chi connectivity index (χ4v) is 4.02. The van der Waals surface area contributed by atoms with E-state index in [0.717, 1.165) is 32.4 Å². The van der Waals surface area contributed by atoms with Gasteiger partial charge in [0.15, 0.2) is 0 Å². The molecule has 1 atom stereocenters. The predicted molar refractivity (Wildman–Crippen MR) is 104 cm³/mol. The van der Waals surface area contributed by atoms with E-state index in [2.05, 4.69) is 29.6 Å². The van der Waals surface area contributed by atoms with Crippen LogP contribution >= 0.6 is 0 Å². The normalized spacial score (nSPS) is 21.2. The molecule has 28 heavy (non-hydrogen) atoms. The first kappa shape index (κ1) is 20.3. The van der Waals surface area contributed by atoms with Crippen LogP contribution in [0.1, 0.15) is 24.8 Å². The van der Waals surface area contributed by atoms with E-state index in [9.17, 15) is 14.4 Å². The number of esters is 1. The van der Waals surface area contributed by atoms with E-state index >= 15 is 0 Å². The van der Waals surface area contributed by atoms with Crippen LogP contribution in [0.4, 0.5) is 0 Å². The SMILES string of the molecule is COC(=O)CC1C(=O)NCCN1CC(=O)N1CCC(Cc2ccccc2)CC1. The lowest BCUT2D eigenvalue weighted by Gasteiger charge is -2.37. The summed E-state index contributed by atoms with van der Waals surface area (Å²) in [5.41, 5.74) is 1.34. The molecule has 1 unspecified atom stereocenters. The summed E-state index contributed by atoms with van der Waals surface area (Å²) in [7, 11) is 1.30. The van der Waals surface area contributed by atoms with Crippen LogP contribution in [-0.2, 0) is 25.5 Å². The summed E-state index contributed by atoms with van der Waals surface area (Å²) in [4.78, 5) is 40.2. The molecule has 2 aliphatic rings. The number of amides is 2. The zero-order valence-electron chi connectivity index (χ0n) is 16.4. The number of nitrogens with zero attached hydrogens (tertiary/aromatic N) is 2. The number of carbonyl (C=O) groups excluding carboxylic acids is 3. The Morgan fingerprint density at radius 2 is 1.86 bits per heavy atom. The highest BCUT2D eigenvalue weighted by molar-refractivity contribution is 5.88. The molecule has 152 valence electrons. The van der Waals surface area contributed by atoms with Gasteiger partial charge in [-0.2, -0.15) is 0 Å². The van der Waals surface area contributed by atoms with Gasteiger partial charge in [-0.15, -0.1) is 0 Å². The Morgan fingerprint density at radius 1 is 1.14 bits per heavy atom. The zero-order valence-corrected chi connectivity index (χ0v) is 16.4. The third-order valence-corrected chi connectivity index (χ3v) is 5.70. The van der Waals surface area contributed by atoms with Crippen LogP contribution in [0.25, 0.3) is 0 Å². The Morgan fingerprint density at radius 3 is 2.54 bits per heavy atom. The summed E-state index contributed by atoms with van der Waals surface area (Å²) in [5.74, 6) is -0.0331. The molecular weight excluding hydrogens is 358 g/mol. The van der Waals surface area contributed by atoms with Crippen LogP contribution in [0.3, 0.4) is 0 Å². The van der Waals surface area contributed by atoms with Crippen LogP contribution in [0, 0.1) is 5.92 Å². The molecule has 2 amide bonds. The van der Waals surface area contributed by atoms with Gasteiger partial charge in [0.1, 0.15) is 6.04 Å². The van der Waals surface area contributed by atoms with Gasteiger partial charge in [-0.25, -0.2) is 0 Å². The van der Waals surface area contributed by atoms with Crippen LogP contribution in [-0.4, -0.2) is 73.5 Å². The number of nitrogens with one attached hydrogen (secondary N) is 1. The zero-order chi connectivity index (χ0) is 19.9. The molecule has 0 spiro atoms. The minimum Gasteiger partial charge on any atom is -0.469 e. The van der Waals surface area contributed by atoms with E-state index < -0.39 is 12.0 Å². The molecule has 1 aromatic carbocycles. The number of piperazine rings is 1. The molecule has 7 heteroatoms. The van der Waals surface area contributed by atoms with Crippen molar-refractivity contribution in [3.8, 4) is 0 Å². The second kappa shape index (κ2) is 9.68. The van der Waals surface area contributed by atoms with Gasteiger partial charge >= 0.3 is 5.97 Å². The van der Waals surface area contributed by atoms with Crippen molar-refractivity contribution in [2.45, 2.75) is 31.7 Å². The monoisotopic (exact) mass is 387 g/mol. The first-order valence-electron chi connectivity index (χ1n) is 9.97. The predicted octanol–water partition coefficient (Wildman–Crippen LogP) is 0.831. The number of hydrogen-bond acceptors (Lipinski definition) is 5. The maximum absolute atomic E-state index is 12.8. The maximum Gasteiger partial charge on any atom is 0.307 e. The molecule has 2 heterocycles. The molecule has 1 aromatic rings. The number of hydrogen-bond donors (Lipinski definition) is 1. The van der Waals surface area contributed by atoms with E-state index in [1.165, 1.54) is 12.7 Å². The topological polar surface area (TPSA) is 79.0 Å². The average Bonchev–Trinajstić information content (AvgIpc) is 2.71. The van der Waals surface area contributed by atoms with Gasteiger partial charge in [0.05, 0.1) is 20.1 Å². The average molecular weight is 387 g/mol. The van der Waals surface area contributed by atoms with Crippen molar-refractivity contribution in [3.63, 3.8) is 0 Å². The summed E-state index contributed by atoms with van der Waals surface area (Å²) in [6.07, 6.45) is 3.00. The Balaban J connectivity index is 1.50. The van der Waals surface area contributed by atoms with Crippen molar-refractivity contribution in [2.24, 2.45) is 5.92 Å². The molecular formula is C21H29N3O4. The summed E-state index contributed by atoms with van der Waals surface area (Å²) < 4.78 is 4.69. The van der Waals surface area contributed by atoms with Crippen LogP contribution in [0.5, 0.6) is 0 Å². The lowest BCUT2D eigenvalue weighted by Crippen LogP contribution is -2.58. The van der Waals surface area contributed by atoms with E-state index in [1.807, 2.05) is 11.0 Å². The van der Waals surface area contributed by atoms with Gasteiger partial charge in [-0.3, -0.25) is 19.3 Å². The van der Waals surface area contributed by atoms with Gasteiger partial charge in [-0.1, -0.05) is 30.3 Å². The smallest absolute Gasteiger partial charge is 0.307 e. The van der Waals surface area contributed by atoms with Crippen LogP contribution in [0.15, 0.2) is 30.3 Å². The molecule has 0 saturated carbocycles. The van der Waals surface area contributed by atoms with Gasteiger partial charge in [0, 0.05) is 26.2 Å². The van der Waals surface area contributed by atoms with Crippen molar-refractivity contribution < 1.29 is 19.1 Å². The molecule has 2 saturated heterocycles. The number of ether oxygens (including phenoxy) is 1. The maximum atomic E-state index is 12.8. The second-order valence-corrected chi connectivity index (χ2v) is 7.57. The summed E-state index contributed by atoms with van der Waals surface area (Å²) in [6, 6.07) is 9.82. The van der Waals surface area contributed by atoms with Crippen LogP contribution in [0.2, 0.25) is 0 Å². The molecule has 0 bridgehead atoms. The fourth-order valence-electron chi connectivity index (χ4n) is 4.02. The number of methoxy groups -OCH3 is 1. The van der Waals surface area contributed by atoms with Crippen molar-refractivity contribution in [2.75, 3.05) is 39.8 Å². The standard InChI is InChI=1S/C21H29N3O4/c1-28-20(26)14-18-21(27)22-9-12-24(18)15-19(25)23-10-7-17(8-11-23)13-16-5-3-2-4-6-16/h2-6,17-18H,7-15H2,1H3,(H,22,27). The van der Waals surface area contributed by atoms with Gasteiger partial charge in [0.2, 0.25) is 11.8 Å². The molecule has 0 radical (unpaired) electrons. The third kappa shape index (κ3) is 5.32. The second-order valence-electron chi connectivity index (χ2n) is 7.57. The van der Waals surface area contributed by atoms with E-state index in [1.54, 1.807) is 4.90 Å². The number of carbonyl (C=O) groups is 3. The largest absolute Gasteiger partial charge is 0.469 e. The fraction of sp³-hybridized carbons (Fsp3) is 0.571. The molecule has 1 N–H and O–H groups in total. The van der Waals surface area contributed by atoms with Crippen molar-refractivity contribution in [1.82, 2.24) is 15.1 Å². The first-order chi connectivity index (χ1) is 13.6. The summed E-state index contributed by atoms with van der Waals surface area (Å²) in [5, 5.41) is 2.76. The number of rotatable bonds is 6. The van der Waals surface area contributed by atoms with Crippen molar-refractivity contribution in [3.05, 3.63) is 35.9 Å². The van der Waals surface area contributed by atoms with Gasteiger partial charge in [0.25, 0.3) is 0 Å². The quantitative estimate of drug-likeness (QED) is 0.732. The number of piperidine rings is 1. The lowest BCUT2D eigenvalue weighted by molar-refractivity contribution is -0.147. The third-order valence-electron chi connectivity index (χ3n) is 5.70. The minimum atomic E-state index is -0.638. The molecule has 7 nitrogen and oxygen atoms in total. The molecule has 2 fully saturated rings. The Bertz CT molecular complexity index is 686. The first-order valence-corrected chi connectivity index (χ1v) is 9.97. The van der Waals surface area contributed by atoms with Gasteiger partial charge < -0.3 is 15.0 Å². The van der Waals surface area contributed by atoms with Crippen molar-refractivity contribution >= 4 is 17.8 Å². The number of benzene rings is 1. The highest BCUT2D eigenvalue weighted by atomic mass is 16.5. The number of likely N-dealkylation sites (tertiary alicyclic amines) is 1. The highest BCUT2D eigenvalue weighted by Gasteiger charge is 2.34. The Kier molecular flexibility index (Phi) is 7.03. The molecule has 0 aromatic heterocycles. The van der Waals surface area contributed by atoms with Crippen molar-refractivity contribution in [1.29, 1.82) is 0 Å². The van der Waals surface area contributed by atoms with E-state index in [-0.39, 0.29) is 24.8 Å². The highest BCUT2D eigenvalue weighted by Crippen LogP contribution is 2.22. The van der Waals surface area contributed by atoms with Crippen LogP contribution < -0.4 is 5.32 Å². The summed E-state index contributed by atoms with van der Waals surface area (Å²) in [6.45, 7) is 2.71. The van der Waals surface area contributed by atoms with Gasteiger partial charge in [-0.05, 0) is 30.7 Å². The molecule has 3 rings (SSSR count). The Hall–Kier alpha value is -2.41. The summed E-state index contributed by atoms with van der Waals surface area (Å²) >= 11 is 0. The Labute approximate surface area is 166 Å². The van der Waals surface area contributed by atoms with E-state index in [0.29, 0.717) is 19.0 Å². The molecule has 2 aliphatic heterocycles. The van der Waals surface area contributed by atoms with E-state index in [4.69, 9.17) is 4.74 Å². The lowest BCUT2D eigenvalue weighted by atomic mass is 9.90.